The van der Waals surface area contributed by atoms with E-state index in [-0.39, 0.29) is 24.0 Å². The SMILES string of the molecule is COc1cccc(CN=C(NCCCOCC2CC2)Nc2ccc3c(c2)OCCCO3)n1.I. The van der Waals surface area contributed by atoms with Crippen LogP contribution in [0.5, 0.6) is 17.4 Å². The van der Waals surface area contributed by atoms with Crippen molar-refractivity contribution < 1.29 is 18.9 Å². The van der Waals surface area contributed by atoms with E-state index in [0.29, 0.717) is 31.6 Å². The smallest absolute Gasteiger partial charge is 0.213 e. The number of fused-ring (bicyclic) bond motifs is 1. The van der Waals surface area contributed by atoms with E-state index in [0.717, 1.165) is 61.4 Å². The maximum atomic E-state index is 5.81. The highest BCUT2D eigenvalue weighted by atomic mass is 127. The van der Waals surface area contributed by atoms with Crippen LogP contribution in [-0.2, 0) is 11.3 Å². The Labute approximate surface area is 212 Å². The van der Waals surface area contributed by atoms with Crippen LogP contribution in [0.3, 0.4) is 0 Å². The van der Waals surface area contributed by atoms with Crippen molar-refractivity contribution in [3.63, 3.8) is 0 Å². The minimum Gasteiger partial charge on any atom is -0.490 e. The third kappa shape index (κ3) is 8.54. The van der Waals surface area contributed by atoms with Gasteiger partial charge >= 0.3 is 0 Å². The minimum atomic E-state index is 0. The molecule has 1 saturated carbocycles. The molecule has 2 aliphatic rings. The molecule has 1 aliphatic carbocycles. The topological polar surface area (TPSA) is 86.2 Å². The van der Waals surface area contributed by atoms with Gasteiger partial charge in [0.25, 0.3) is 0 Å². The fourth-order valence-corrected chi connectivity index (χ4v) is 3.25. The predicted molar refractivity (Wildman–Crippen MR) is 139 cm³/mol. The normalized spacial score (nSPS) is 15.2. The molecular formula is C24H33IN4O4. The van der Waals surface area contributed by atoms with Gasteiger partial charge < -0.3 is 29.6 Å². The number of aromatic nitrogens is 1. The summed E-state index contributed by atoms with van der Waals surface area (Å²) in [6.07, 6.45) is 4.41. The second-order valence-corrected chi connectivity index (χ2v) is 7.97. The molecule has 2 aromatic rings. The second kappa shape index (κ2) is 13.4. The van der Waals surface area contributed by atoms with E-state index in [9.17, 15) is 0 Å². The summed E-state index contributed by atoms with van der Waals surface area (Å²) in [5, 5.41) is 6.76. The van der Waals surface area contributed by atoms with Crippen molar-refractivity contribution in [2.45, 2.75) is 32.2 Å². The maximum Gasteiger partial charge on any atom is 0.213 e. The molecule has 1 aromatic carbocycles. The fourth-order valence-electron chi connectivity index (χ4n) is 3.25. The van der Waals surface area contributed by atoms with Crippen LogP contribution in [0.25, 0.3) is 0 Å². The Balaban J connectivity index is 0.00000306. The number of benzene rings is 1. The van der Waals surface area contributed by atoms with Crippen molar-refractivity contribution in [1.29, 1.82) is 0 Å². The maximum absolute atomic E-state index is 5.81. The van der Waals surface area contributed by atoms with Gasteiger partial charge in [-0.15, -0.1) is 24.0 Å². The van der Waals surface area contributed by atoms with Crippen molar-refractivity contribution in [2.75, 3.05) is 45.4 Å². The number of halogens is 1. The molecule has 9 heteroatoms. The highest BCUT2D eigenvalue weighted by molar-refractivity contribution is 14.0. The third-order valence-corrected chi connectivity index (χ3v) is 5.21. The average molecular weight is 568 g/mol. The third-order valence-electron chi connectivity index (χ3n) is 5.21. The van der Waals surface area contributed by atoms with Gasteiger partial charge in [-0.3, -0.25) is 0 Å². The van der Waals surface area contributed by atoms with E-state index in [4.69, 9.17) is 23.9 Å². The van der Waals surface area contributed by atoms with Gasteiger partial charge in [0.2, 0.25) is 5.88 Å². The van der Waals surface area contributed by atoms with Gasteiger partial charge in [0, 0.05) is 44.0 Å². The van der Waals surface area contributed by atoms with E-state index in [1.165, 1.54) is 12.8 Å². The summed E-state index contributed by atoms with van der Waals surface area (Å²) in [4.78, 5) is 9.15. The van der Waals surface area contributed by atoms with E-state index in [1.807, 2.05) is 36.4 Å². The van der Waals surface area contributed by atoms with Crippen LogP contribution in [0.2, 0.25) is 0 Å². The van der Waals surface area contributed by atoms with E-state index < -0.39 is 0 Å². The molecule has 2 heterocycles. The zero-order chi connectivity index (χ0) is 22.0. The Morgan fingerprint density at radius 2 is 2.00 bits per heavy atom. The van der Waals surface area contributed by atoms with Crippen molar-refractivity contribution in [1.82, 2.24) is 10.3 Å². The largest absolute Gasteiger partial charge is 0.490 e. The summed E-state index contributed by atoms with van der Waals surface area (Å²) in [6.45, 7) is 4.14. The Bertz CT molecular complexity index is 908. The summed E-state index contributed by atoms with van der Waals surface area (Å²) in [6, 6.07) is 11.5. The standard InChI is InChI=1S/C24H32N4O4.HI/c1-29-23-6-2-5-20(27-23)16-26-24(25-11-3-12-30-17-18-7-8-18)28-19-9-10-21-22(15-19)32-14-4-13-31-21;/h2,5-6,9-10,15,18H,3-4,7-8,11-14,16-17H2,1H3,(H2,25,26,28);1H. The second-order valence-electron chi connectivity index (χ2n) is 7.97. The first-order valence-electron chi connectivity index (χ1n) is 11.3. The van der Waals surface area contributed by atoms with Gasteiger partial charge in [-0.2, -0.15) is 0 Å². The van der Waals surface area contributed by atoms with Gasteiger partial charge in [-0.1, -0.05) is 6.07 Å². The molecule has 0 spiro atoms. The lowest BCUT2D eigenvalue weighted by atomic mass is 10.2. The van der Waals surface area contributed by atoms with Crippen molar-refractivity contribution in [3.8, 4) is 17.4 Å². The Hall–Kier alpha value is -2.27. The zero-order valence-electron chi connectivity index (χ0n) is 19.0. The number of guanidine groups is 1. The predicted octanol–water partition coefficient (Wildman–Crippen LogP) is 4.24. The Morgan fingerprint density at radius 1 is 1.15 bits per heavy atom. The molecular weight excluding hydrogens is 535 g/mol. The molecule has 180 valence electrons. The number of aliphatic imine (C=N–C) groups is 1. The van der Waals surface area contributed by atoms with Gasteiger partial charge in [0.1, 0.15) is 0 Å². The number of nitrogens with zero attached hydrogens (tertiary/aromatic N) is 2. The van der Waals surface area contributed by atoms with Gasteiger partial charge in [-0.25, -0.2) is 9.98 Å². The number of hydrogen-bond acceptors (Lipinski definition) is 6. The molecule has 1 fully saturated rings. The van der Waals surface area contributed by atoms with Crippen molar-refractivity contribution in [3.05, 3.63) is 42.1 Å². The van der Waals surface area contributed by atoms with Crippen LogP contribution in [0.15, 0.2) is 41.4 Å². The van der Waals surface area contributed by atoms with Crippen LogP contribution >= 0.6 is 24.0 Å². The van der Waals surface area contributed by atoms with E-state index in [2.05, 4.69) is 15.6 Å². The summed E-state index contributed by atoms with van der Waals surface area (Å²) >= 11 is 0. The molecule has 0 unspecified atom stereocenters. The lowest BCUT2D eigenvalue weighted by molar-refractivity contribution is 0.123. The molecule has 0 atom stereocenters. The van der Waals surface area contributed by atoms with Crippen LogP contribution in [0.1, 0.15) is 31.4 Å². The number of rotatable bonds is 10. The van der Waals surface area contributed by atoms with Gasteiger partial charge in [0.15, 0.2) is 17.5 Å². The van der Waals surface area contributed by atoms with Crippen LogP contribution < -0.4 is 24.8 Å². The molecule has 2 N–H and O–H groups in total. The molecule has 0 amide bonds. The molecule has 0 bridgehead atoms. The summed E-state index contributed by atoms with van der Waals surface area (Å²) in [5.41, 5.74) is 1.71. The molecule has 4 rings (SSSR count). The number of pyridine rings is 1. The van der Waals surface area contributed by atoms with Crippen molar-refractivity contribution in [2.24, 2.45) is 10.9 Å². The highest BCUT2D eigenvalue weighted by Crippen LogP contribution is 2.32. The zero-order valence-corrected chi connectivity index (χ0v) is 21.4. The van der Waals surface area contributed by atoms with Crippen LogP contribution in [-0.4, -0.2) is 51.0 Å². The van der Waals surface area contributed by atoms with Crippen LogP contribution in [0, 0.1) is 5.92 Å². The van der Waals surface area contributed by atoms with Gasteiger partial charge in [0.05, 0.1) is 32.6 Å². The number of methoxy groups -OCH3 is 1. The summed E-state index contributed by atoms with van der Waals surface area (Å²) in [7, 11) is 1.61. The molecule has 0 radical (unpaired) electrons. The lowest BCUT2D eigenvalue weighted by Gasteiger charge is -2.15. The molecule has 1 aromatic heterocycles. The minimum absolute atomic E-state index is 0. The monoisotopic (exact) mass is 568 g/mol. The number of anilines is 1. The first kappa shape index (κ1) is 25.4. The summed E-state index contributed by atoms with van der Waals surface area (Å²) in [5.74, 6) is 3.56. The Morgan fingerprint density at radius 3 is 2.82 bits per heavy atom. The Kier molecular flexibility index (Phi) is 10.3. The average Bonchev–Trinajstić information content (AvgIpc) is 3.66. The number of hydrogen-bond donors (Lipinski definition) is 2. The molecule has 0 saturated heterocycles. The van der Waals surface area contributed by atoms with Gasteiger partial charge in [-0.05, 0) is 43.4 Å². The van der Waals surface area contributed by atoms with Crippen LogP contribution in [0.4, 0.5) is 5.69 Å². The quantitative estimate of drug-likeness (QED) is 0.192. The number of ether oxygens (including phenoxy) is 4. The number of nitrogens with one attached hydrogen (secondary N) is 2. The lowest BCUT2D eigenvalue weighted by Crippen LogP contribution is -2.32. The molecule has 1 aliphatic heterocycles. The highest BCUT2D eigenvalue weighted by Gasteiger charge is 2.20. The van der Waals surface area contributed by atoms with Crippen molar-refractivity contribution >= 4 is 35.6 Å². The molecule has 33 heavy (non-hydrogen) atoms. The summed E-state index contributed by atoms with van der Waals surface area (Å²) < 4.78 is 22.5. The fraction of sp³-hybridized carbons (Fsp3) is 0.500. The molecule has 8 nitrogen and oxygen atoms in total. The van der Waals surface area contributed by atoms with E-state index >= 15 is 0 Å². The van der Waals surface area contributed by atoms with E-state index in [1.54, 1.807) is 7.11 Å². The first-order valence-corrected chi connectivity index (χ1v) is 11.3. The first-order chi connectivity index (χ1) is 15.8.